The van der Waals surface area contributed by atoms with Crippen LogP contribution in [0.2, 0.25) is 0 Å². The summed E-state index contributed by atoms with van der Waals surface area (Å²) in [5, 5.41) is 16.0. The highest BCUT2D eigenvalue weighted by Gasteiger charge is 2.19. The molecule has 0 amide bonds. The van der Waals surface area contributed by atoms with Crippen molar-refractivity contribution in [2.24, 2.45) is 0 Å². The van der Waals surface area contributed by atoms with Crippen LogP contribution in [-0.2, 0) is 9.47 Å². The highest BCUT2D eigenvalue weighted by Crippen LogP contribution is 2.30. The largest absolute Gasteiger partial charge is 0.378 e. The van der Waals surface area contributed by atoms with E-state index in [1.54, 1.807) is 11.8 Å². The van der Waals surface area contributed by atoms with Crippen LogP contribution >= 0.6 is 11.8 Å². The average Bonchev–Trinajstić information content (AvgIpc) is 3.48. The Morgan fingerprint density at radius 3 is 2.74 bits per heavy atom. The highest BCUT2D eigenvalue weighted by atomic mass is 32.2. The van der Waals surface area contributed by atoms with Gasteiger partial charge in [0.15, 0.2) is 5.65 Å². The highest BCUT2D eigenvalue weighted by molar-refractivity contribution is 7.98. The molecule has 10 heteroatoms. The number of nitrogens with one attached hydrogen (secondary N) is 3. The summed E-state index contributed by atoms with van der Waals surface area (Å²) in [5.74, 6) is 1.30. The van der Waals surface area contributed by atoms with Gasteiger partial charge in [0, 0.05) is 37.6 Å². The number of hydrogen-bond acceptors (Lipinski definition) is 9. The molecule has 1 atom stereocenters. The molecule has 0 bridgehead atoms. The van der Waals surface area contributed by atoms with Gasteiger partial charge in [-0.3, -0.25) is 5.10 Å². The van der Waals surface area contributed by atoms with Crippen LogP contribution in [0.5, 0.6) is 0 Å². The second-order valence-electron chi connectivity index (χ2n) is 7.64. The van der Waals surface area contributed by atoms with Gasteiger partial charge in [-0.15, -0.1) is 11.8 Å². The number of nitrogens with zero attached hydrogens (tertiary/aromatic N) is 4. The second kappa shape index (κ2) is 9.29. The summed E-state index contributed by atoms with van der Waals surface area (Å²) in [6.45, 7) is 4.95. The Labute approximate surface area is 185 Å². The minimum absolute atomic E-state index is 0.221. The minimum Gasteiger partial charge on any atom is -0.378 e. The molecule has 1 unspecified atom stereocenters. The second-order valence-corrected chi connectivity index (χ2v) is 8.43. The summed E-state index contributed by atoms with van der Waals surface area (Å²) in [6.07, 6.45) is 4.41. The molecule has 2 aliphatic rings. The number of H-pyrrole nitrogens is 1. The molecule has 1 aromatic carbocycles. The van der Waals surface area contributed by atoms with E-state index in [-0.39, 0.29) is 6.10 Å². The van der Waals surface area contributed by atoms with Crippen molar-refractivity contribution in [1.82, 2.24) is 20.2 Å². The van der Waals surface area contributed by atoms with Crippen LogP contribution in [0.25, 0.3) is 11.0 Å². The van der Waals surface area contributed by atoms with Crippen LogP contribution in [0.3, 0.4) is 0 Å². The molecule has 3 aromatic rings. The first kappa shape index (κ1) is 20.3. The molecule has 0 saturated carbocycles. The van der Waals surface area contributed by atoms with Gasteiger partial charge in [0.05, 0.1) is 24.7 Å². The van der Waals surface area contributed by atoms with Gasteiger partial charge in [-0.2, -0.15) is 15.1 Å². The first-order valence-electron chi connectivity index (χ1n) is 10.7. The molecule has 4 heterocycles. The van der Waals surface area contributed by atoms with E-state index in [0.29, 0.717) is 11.6 Å². The molecule has 2 aromatic heterocycles. The smallest absolute Gasteiger partial charge is 0.231 e. The van der Waals surface area contributed by atoms with E-state index < -0.39 is 0 Å². The first-order chi connectivity index (χ1) is 15.3. The molecule has 164 valence electrons. The summed E-state index contributed by atoms with van der Waals surface area (Å²) >= 11 is 1.57. The van der Waals surface area contributed by atoms with E-state index >= 15 is 0 Å². The quantitative estimate of drug-likeness (QED) is 0.477. The number of aromatic amines is 1. The van der Waals surface area contributed by atoms with Crippen molar-refractivity contribution >= 4 is 45.9 Å². The monoisotopic (exact) mass is 441 g/mol. The van der Waals surface area contributed by atoms with Gasteiger partial charge in [0.2, 0.25) is 5.95 Å². The molecule has 2 fully saturated rings. The van der Waals surface area contributed by atoms with Crippen LogP contribution in [0.4, 0.5) is 23.1 Å². The van der Waals surface area contributed by atoms with Gasteiger partial charge in [-0.05, 0) is 43.4 Å². The van der Waals surface area contributed by atoms with E-state index in [9.17, 15) is 0 Å². The number of anilines is 4. The number of rotatable bonds is 7. The van der Waals surface area contributed by atoms with Crippen LogP contribution < -0.4 is 15.5 Å². The van der Waals surface area contributed by atoms with Crippen LogP contribution in [-0.4, -0.2) is 72.0 Å². The first-order valence-corrected chi connectivity index (χ1v) is 11.9. The van der Waals surface area contributed by atoms with Crippen molar-refractivity contribution < 1.29 is 9.47 Å². The lowest BCUT2D eigenvalue weighted by Gasteiger charge is -2.28. The predicted octanol–water partition coefficient (Wildman–Crippen LogP) is 3.25. The van der Waals surface area contributed by atoms with Gasteiger partial charge in [0.25, 0.3) is 0 Å². The van der Waals surface area contributed by atoms with Crippen molar-refractivity contribution in [2.75, 3.05) is 61.2 Å². The maximum Gasteiger partial charge on any atom is 0.231 e. The van der Waals surface area contributed by atoms with Gasteiger partial charge < -0.3 is 25.0 Å². The zero-order valence-corrected chi connectivity index (χ0v) is 18.4. The molecule has 3 N–H and O–H groups in total. The lowest BCUT2D eigenvalue weighted by Crippen LogP contribution is -2.36. The number of aromatic nitrogens is 4. The Balaban J connectivity index is 1.36. The molecule has 0 spiro atoms. The Morgan fingerprint density at radius 2 is 2.00 bits per heavy atom. The van der Waals surface area contributed by atoms with Gasteiger partial charge >= 0.3 is 0 Å². The van der Waals surface area contributed by atoms with Crippen LogP contribution in [0, 0.1) is 0 Å². The number of hydrogen-bond donors (Lipinski definition) is 3. The van der Waals surface area contributed by atoms with Crippen molar-refractivity contribution in [3.05, 3.63) is 24.3 Å². The number of benzene rings is 1. The SMILES string of the molecule is CSc1n[nH]c2nc(Nc3ccc(N4CCOCC4)cc3)nc(NCC3CCCO3)c12. The zero-order chi connectivity index (χ0) is 21.0. The van der Waals surface area contributed by atoms with Crippen molar-refractivity contribution in [1.29, 1.82) is 0 Å². The Kier molecular flexibility index (Phi) is 6.10. The van der Waals surface area contributed by atoms with Gasteiger partial charge in [0.1, 0.15) is 10.8 Å². The molecule has 31 heavy (non-hydrogen) atoms. The van der Waals surface area contributed by atoms with E-state index in [0.717, 1.165) is 74.2 Å². The topological polar surface area (TPSA) is 100 Å². The Bertz CT molecular complexity index is 1010. The van der Waals surface area contributed by atoms with E-state index in [4.69, 9.17) is 14.5 Å². The molecule has 5 rings (SSSR count). The summed E-state index contributed by atoms with van der Waals surface area (Å²) < 4.78 is 11.2. The summed E-state index contributed by atoms with van der Waals surface area (Å²) in [4.78, 5) is 11.7. The molecule has 2 aliphatic heterocycles. The maximum atomic E-state index is 5.75. The third-order valence-electron chi connectivity index (χ3n) is 5.60. The number of morpholine rings is 1. The Morgan fingerprint density at radius 1 is 1.16 bits per heavy atom. The molecule has 2 saturated heterocycles. The minimum atomic E-state index is 0.221. The summed E-state index contributed by atoms with van der Waals surface area (Å²) in [5.41, 5.74) is 2.84. The summed E-state index contributed by atoms with van der Waals surface area (Å²) in [7, 11) is 0. The third kappa shape index (κ3) is 4.56. The number of fused-ring (bicyclic) bond motifs is 1. The molecular weight excluding hydrogens is 414 g/mol. The normalized spacial score (nSPS) is 19.1. The number of thioether (sulfide) groups is 1. The zero-order valence-electron chi connectivity index (χ0n) is 17.6. The Hall–Kier alpha value is -2.56. The fraction of sp³-hybridized carbons (Fsp3) is 0.476. The van der Waals surface area contributed by atoms with E-state index in [2.05, 4.69) is 55.0 Å². The fourth-order valence-corrected chi connectivity index (χ4v) is 4.49. The van der Waals surface area contributed by atoms with Crippen LogP contribution in [0.15, 0.2) is 29.3 Å². The molecule has 0 radical (unpaired) electrons. The summed E-state index contributed by atoms with van der Waals surface area (Å²) in [6, 6.07) is 8.34. The number of ether oxygens (including phenoxy) is 2. The molecular formula is C21H27N7O2S. The van der Waals surface area contributed by atoms with Gasteiger partial charge in [-0.25, -0.2) is 0 Å². The van der Waals surface area contributed by atoms with Crippen molar-refractivity contribution in [3.8, 4) is 0 Å². The van der Waals surface area contributed by atoms with Crippen molar-refractivity contribution in [2.45, 2.75) is 24.0 Å². The van der Waals surface area contributed by atoms with Crippen LogP contribution in [0.1, 0.15) is 12.8 Å². The average molecular weight is 442 g/mol. The molecule has 9 nitrogen and oxygen atoms in total. The lowest BCUT2D eigenvalue weighted by molar-refractivity contribution is 0.120. The lowest BCUT2D eigenvalue weighted by atomic mass is 10.2. The fourth-order valence-electron chi connectivity index (χ4n) is 3.96. The standard InChI is InChI=1S/C21H27N7O2S/c1-31-20-17-18(22-13-16-3-2-10-30-16)24-21(25-19(17)26-27-20)23-14-4-6-15(7-5-14)28-8-11-29-12-9-28/h4-7,16H,2-3,8-13H2,1H3,(H3,22,23,24,25,26,27). The molecule has 0 aliphatic carbocycles. The van der Waals surface area contributed by atoms with Gasteiger partial charge in [-0.1, -0.05) is 0 Å². The van der Waals surface area contributed by atoms with E-state index in [1.165, 1.54) is 5.69 Å². The van der Waals surface area contributed by atoms with E-state index in [1.807, 2.05) is 6.26 Å². The third-order valence-corrected chi connectivity index (χ3v) is 6.28. The van der Waals surface area contributed by atoms with Crippen molar-refractivity contribution in [3.63, 3.8) is 0 Å². The maximum absolute atomic E-state index is 5.75. The predicted molar refractivity (Wildman–Crippen MR) is 124 cm³/mol.